The number of carboxylic acids is 1. The molecule has 0 aromatic heterocycles. The number of carboxylic acid groups (broad SMARTS) is 1. The molecule has 0 spiro atoms. The number of aryl methyl sites for hydroxylation is 3. The van der Waals surface area contributed by atoms with Gasteiger partial charge in [-0.25, -0.2) is 4.79 Å². The first kappa shape index (κ1) is 16.5. The van der Waals surface area contributed by atoms with Gasteiger partial charge in [0.1, 0.15) is 0 Å². The zero-order valence-electron chi connectivity index (χ0n) is 13.3. The van der Waals surface area contributed by atoms with Crippen molar-refractivity contribution >= 4 is 11.9 Å². The fraction of sp³-hybridized carbons (Fsp3) is 0.529. The van der Waals surface area contributed by atoms with Gasteiger partial charge in [-0.3, -0.25) is 4.79 Å². The van der Waals surface area contributed by atoms with Gasteiger partial charge in [0.15, 0.2) is 5.60 Å². The maximum Gasteiger partial charge on any atom is 0.335 e. The summed E-state index contributed by atoms with van der Waals surface area (Å²) in [5.41, 5.74) is 2.73. The van der Waals surface area contributed by atoms with Crippen molar-refractivity contribution in [3.05, 3.63) is 34.4 Å². The van der Waals surface area contributed by atoms with E-state index in [0.717, 1.165) is 16.7 Å². The highest BCUT2D eigenvalue weighted by atomic mass is 16.4. The maximum atomic E-state index is 12.4. The molecule has 5 heteroatoms. The predicted molar refractivity (Wildman–Crippen MR) is 82.8 cm³/mol. The topological polar surface area (TPSA) is 77.8 Å². The molecule has 0 unspecified atom stereocenters. The second-order valence-electron chi connectivity index (χ2n) is 6.27. The quantitative estimate of drug-likeness (QED) is 0.889. The van der Waals surface area contributed by atoms with Crippen LogP contribution in [0.3, 0.4) is 0 Å². The van der Waals surface area contributed by atoms with E-state index >= 15 is 0 Å². The number of carbonyl (C=O) groups excluding carboxylic acids is 1. The Morgan fingerprint density at radius 2 is 1.64 bits per heavy atom. The van der Waals surface area contributed by atoms with Gasteiger partial charge in [-0.1, -0.05) is 17.7 Å². The Kier molecular flexibility index (Phi) is 4.56. The van der Waals surface area contributed by atoms with Crippen LogP contribution >= 0.6 is 0 Å². The van der Waals surface area contributed by atoms with E-state index in [1.54, 1.807) is 4.90 Å². The van der Waals surface area contributed by atoms with Gasteiger partial charge in [-0.2, -0.15) is 0 Å². The van der Waals surface area contributed by atoms with Gasteiger partial charge in [0.05, 0.1) is 6.42 Å². The molecule has 120 valence electrons. The van der Waals surface area contributed by atoms with Gasteiger partial charge < -0.3 is 15.1 Å². The summed E-state index contributed by atoms with van der Waals surface area (Å²) in [6.07, 6.45) is 0.489. The highest BCUT2D eigenvalue weighted by Gasteiger charge is 2.40. The molecule has 0 atom stereocenters. The number of hydrogen-bond donors (Lipinski definition) is 2. The molecule has 0 saturated carbocycles. The Labute approximate surface area is 130 Å². The van der Waals surface area contributed by atoms with E-state index in [9.17, 15) is 14.7 Å². The molecule has 1 aliphatic heterocycles. The molecule has 2 N–H and O–H groups in total. The monoisotopic (exact) mass is 305 g/mol. The van der Waals surface area contributed by atoms with E-state index in [4.69, 9.17) is 5.11 Å². The van der Waals surface area contributed by atoms with Crippen LogP contribution in [0.15, 0.2) is 12.1 Å². The number of amides is 1. The second-order valence-corrected chi connectivity index (χ2v) is 6.27. The van der Waals surface area contributed by atoms with Crippen molar-refractivity contribution in [3.8, 4) is 0 Å². The van der Waals surface area contributed by atoms with Crippen LogP contribution in [0.4, 0.5) is 0 Å². The lowest BCUT2D eigenvalue weighted by Crippen LogP contribution is -2.51. The van der Waals surface area contributed by atoms with Gasteiger partial charge in [-0.05, 0) is 37.5 Å². The molecule has 1 fully saturated rings. The standard InChI is InChI=1S/C17H23NO4/c1-11-8-12(2)14(13(3)9-11)10-15(19)18-6-4-17(22,5-7-18)16(20)21/h8-9,22H,4-7,10H2,1-3H3,(H,20,21). The van der Waals surface area contributed by atoms with Crippen molar-refractivity contribution in [1.29, 1.82) is 0 Å². The number of likely N-dealkylation sites (tertiary alicyclic amines) is 1. The van der Waals surface area contributed by atoms with Gasteiger partial charge in [0.25, 0.3) is 0 Å². The fourth-order valence-electron chi connectivity index (χ4n) is 3.09. The summed E-state index contributed by atoms with van der Waals surface area (Å²) in [6.45, 7) is 6.60. The van der Waals surface area contributed by atoms with Gasteiger partial charge in [-0.15, -0.1) is 0 Å². The third-order valence-electron chi connectivity index (χ3n) is 4.51. The summed E-state index contributed by atoms with van der Waals surface area (Å²) in [4.78, 5) is 25.1. The maximum absolute atomic E-state index is 12.4. The zero-order chi connectivity index (χ0) is 16.5. The Bertz CT molecular complexity index is 578. The largest absolute Gasteiger partial charge is 0.479 e. The van der Waals surface area contributed by atoms with Crippen LogP contribution in [-0.2, 0) is 16.0 Å². The summed E-state index contributed by atoms with van der Waals surface area (Å²) < 4.78 is 0. The molecule has 0 radical (unpaired) electrons. The molecule has 0 aliphatic carbocycles. The molecule has 2 rings (SSSR count). The zero-order valence-corrected chi connectivity index (χ0v) is 13.3. The minimum absolute atomic E-state index is 0.0116. The molecule has 1 saturated heterocycles. The summed E-state index contributed by atoms with van der Waals surface area (Å²) in [5.74, 6) is -1.22. The predicted octanol–water partition coefficient (Wildman–Crippen LogP) is 1.59. The third-order valence-corrected chi connectivity index (χ3v) is 4.51. The van der Waals surface area contributed by atoms with Crippen molar-refractivity contribution in [2.75, 3.05) is 13.1 Å². The third kappa shape index (κ3) is 3.30. The van der Waals surface area contributed by atoms with Crippen LogP contribution in [0.5, 0.6) is 0 Å². The minimum Gasteiger partial charge on any atom is -0.479 e. The lowest BCUT2D eigenvalue weighted by molar-refractivity contribution is -0.165. The van der Waals surface area contributed by atoms with Crippen LogP contribution in [0.1, 0.15) is 35.1 Å². The van der Waals surface area contributed by atoms with Crippen molar-refractivity contribution in [3.63, 3.8) is 0 Å². The number of benzene rings is 1. The highest BCUT2D eigenvalue weighted by molar-refractivity contribution is 5.81. The van der Waals surface area contributed by atoms with Crippen LogP contribution < -0.4 is 0 Å². The van der Waals surface area contributed by atoms with E-state index in [-0.39, 0.29) is 31.8 Å². The van der Waals surface area contributed by atoms with E-state index in [1.807, 2.05) is 20.8 Å². The number of piperidine rings is 1. The van der Waals surface area contributed by atoms with E-state index in [2.05, 4.69) is 12.1 Å². The van der Waals surface area contributed by atoms with Crippen molar-refractivity contribution in [2.45, 2.75) is 45.6 Å². The van der Waals surface area contributed by atoms with Crippen LogP contribution in [0.2, 0.25) is 0 Å². The lowest BCUT2D eigenvalue weighted by Gasteiger charge is -2.35. The molecule has 5 nitrogen and oxygen atoms in total. The molecular weight excluding hydrogens is 282 g/mol. The molecule has 1 aliphatic rings. The van der Waals surface area contributed by atoms with Crippen molar-refractivity contribution < 1.29 is 19.8 Å². The summed E-state index contributed by atoms with van der Waals surface area (Å²) in [7, 11) is 0. The average Bonchev–Trinajstić information content (AvgIpc) is 2.43. The lowest BCUT2D eigenvalue weighted by atomic mass is 9.91. The SMILES string of the molecule is Cc1cc(C)c(CC(=O)N2CCC(O)(C(=O)O)CC2)c(C)c1. The van der Waals surface area contributed by atoms with E-state index in [0.29, 0.717) is 6.42 Å². The first-order valence-electron chi connectivity index (χ1n) is 7.53. The second kappa shape index (κ2) is 6.08. The molecular formula is C17H23NO4. The normalized spacial score (nSPS) is 17.4. The fourth-order valence-corrected chi connectivity index (χ4v) is 3.09. The molecule has 1 aromatic carbocycles. The van der Waals surface area contributed by atoms with Crippen LogP contribution in [0.25, 0.3) is 0 Å². The molecule has 1 heterocycles. The Morgan fingerprint density at radius 3 is 2.09 bits per heavy atom. The van der Waals surface area contributed by atoms with Crippen molar-refractivity contribution in [2.24, 2.45) is 0 Å². The molecule has 22 heavy (non-hydrogen) atoms. The van der Waals surface area contributed by atoms with Crippen LogP contribution in [0, 0.1) is 20.8 Å². The smallest absolute Gasteiger partial charge is 0.335 e. The average molecular weight is 305 g/mol. The minimum atomic E-state index is -1.69. The highest BCUT2D eigenvalue weighted by Crippen LogP contribution is 2.24. The molecule has 0 bridgehead atoms. The molecule has 1 aromatic rings. The Balaban J connectivity index is 2.04. The van der Waals surface area contributed by atoms with Gasteiger partial charge in [0, 0.05) is 25.9 Å². The summed E-state index contributed by atoms with van der Waals surface area (Å²) in [5, 5.41) is 18.9. The summed E-state index contributed by atoms with van der Waals surface area (Å²) in [6, 6.07) is 4.13. The number of nitrogens with zero attached hydrogens (tertiary/aromatic N) is 1. The summed E-state index contributed by atoms with van der Waals surface area (Å²) >= 11 is 0. The first-order chi connectivity index (χ1) is 10.2. The number of rotatable bonds is 3. The number of aliphatic hydroxyl groups is 1. The Morgan fingerprint density at radius 1 is 1.14 bits per heavy atom. The van der Waals surface area contributed by atoms with Crippen LogP contribution in [-0.4, -0.2) is 45.7 Å². The number of carbonyl (C=O) groups is 2. The van der Waals surface area contributed by atoms with Crippen molar-refractivity contribution in [1.82, 2.24) is 4.90 Å². The van der Waals surface area contributed by atoms with E-state index < -0.39 is 11.6 Å². The number of aliphatic carboxylic acids is 1. The number of hydrogen-bond acceptors (Lipinski definition) is 3. The molecule has 1 amide bonds. The van der Waals surface area contributed by atoms with Gasteiger partial charge in [0.2, 0.25) is 5.91 Å². The van der Waals surface area contributed by atoms with Gasteiger partial charge >= 0.3 is 5.97 Å². The van der Waals surface area contributed by atoms with E-state index in [1.165, 1.54) is 5.56 Å². The Hall–Kier alpha value is -1.88. The first-order valence-corrected chi connectivity index (χ1v) is 7.53.